The van der Waals surface area contributed by atoms with E-state index in [1.54, 1.807) is 6.07 Å². The summed E-state index contributed by atoms with van der Waals surface area (Å²) in [6, 6.07) is 6.99. The predicted octanol–water partition coefficient (Wildman–Crippen LogP) is 2.65. The van der Waals surface area contributed by atoms with Gasteiger partial charge in [-0.15, -0.1) is 0 Å². The number of halogens is 1. The zero-order valence-electron chi connectivity index (χ0n) is 12.0. The number of nitrogens with two attached hydrogens (primary N) is 1. The molecule has 2 N–H and O–H groups in total. The van der Waals surface area contributed by atoms with Crippen molar-refractivity contribution in [3.8, 4) is 6.07 Å². The lowest BCUT2D eigenvalue weighted by atomic mass is 10.0. The van der Waals surface area contributed by atoms with Gasteiger partial charge in [-0.05, 0) is 55.6 Å². The first-order chi connectivity index (χ1) is 9.69. The van der Waals surface area contributed by atoms with Crippen molar-refractivity contribution in [3.05, 3.63) is 35.1 Å². The summed E-state index contributed by atoms with van der Waals surface area (Å²) >= 11 is 0. The molecule has 0 saturated heterocycles. The summed E-state index contributed by atoms with van der Waals surface area (Å²) in [5.74, 6) is 0.242. The summed E-state index contributed by atoms with van der Waals surface area (Å²) in [6.07, 6.45) is 3.52. The Morgan fingerprint density at radius 2 is 2.25 bits per heavy atom. The Balaban J connectivity index is 2.18. The standard InChI is InChI=1S/C16H22FN3/c1-2-20(16-5-3-4-13(16)10-19)11-14-8-15(17)7-6-12(14)9-18/h6-8,13,16H,2-5,10-11,19H2,1H3. The second-order valence-corrected chi connectivity index (χ2v) is 5.47. The minimum absolute atomic E-state index is 0.281. The minimum Gasteiger partial charge on any atom is -0.330 e. The van der Waals surface area contributed by atoms with Gasteiger partial charge in [0.2, 0.25) is 0 Å². The molecule has 0 amide bonds. The molecule has 2 atom stereocenters. The molecule has 1 aliphatic rings. The average Bonchev–Trinajstić information content (AvgIpc) is 2.93. The normalized spacial score (nSPS) is 22.1. The van der Waals surface area contributed by atoms with Gasteiger partial charge in [0, 0.05) is 12.6 Å². The molecule has 2 unspecified atom stereocenters. The number of hydrogen-bond donors (Lipinski definition) is 1. The fourth-order valence-electron chi connectivity index (χ4n) is 3.26. The van der Waals surface area contributed by atoms with Crippen LogP contribution in [0.4, 0.5) is 4.39 Å². The van der Waals surface area contributed by atoms with Crippen molar-refractivity contribution in [1.82, 2.24) is 4.90 Å². The first kappa shape index (κ1) is 15.0. The molecule has 0 bridgehead atoms. The Labute approximate surface area is 120 Å². The second-order valence-electron chi connectivity index (χ2n) is 5.47. The van der Waals surface area contributed by atoms with Crippen LogP contribution in [0.15, 0.2) is 18.2 Å². The Morgan fingerprint density at radius 3 is 2.90 bits per heavy atom. The van der Waals surface area contributed by atoms with Crippen molar-refractivity contribution in [2.24, 2.45) is 11.7 Å². The molecule has 1 aliphatic carbocycles. The van der Waals surface area contributed by atoms with Crippen LogP contribution in [0, 0.1) is 23.1 Å². The smallest absolute Gasteiger partial charge is 0.123 e. The molecule has 1 aromatic carbocycles. The molecule has 0 aromatic heterocycles. The van der Waals surface area contributed by atoms with Crippen LogP contribution < -0.4 is 5.73 Å². The Kier molecular flexibility index (Phi) is 5.11. The number of rotatable bonds is 5. The third-order valence-corrected chi connectivity index (χ3v) is 4.36. The molecule has 4 heteroatoms. The summed E-state index contributed by atoms with van der Waals surface area (Å²) in [7, 11) is 0. The van der Waals surface area contributed by atoms with Crippen LogP contribution in [0.25, 0.3) is 0 Å². The van der Waals surface area contributed by atoms with Gasteiger partial charge >= 0.3 is 0 Å². The van der Waals surface area contributed by atoms with Gasteiger partial charge in [-0.2, -0.15) is 5.26 Å². The quantitative estimate of drug-likeness (QED) is 0.898. The van der Waals surface area contributed by atoms with Crippen LogP contribution in [0.1, 0.15) is 37.3 Å². The molecule has 20 heavy (non-hydrogen) atoms. The van der Waals surface area contributed by atoms with Crippen LogP contribution in [0.2, 0.25) is 0 Å². The molecule has 108 valence electrons. The largest absolute Gasteiger partial charge is 0.330 e. The Morgan fingerprint density at radius 1 is 1.45 bits per heavy atom. The number of nitrogens with zero attached hydrogens (tertiary/aromatic N) is 2. The van der Waals surface area contributed by atoms with Gasteiger partial charge in [0.1, 0.15) is 5.82 Å². The van der Waals surface area contributed by atoms with Gasteiger partial charge in [0.15, 0.2) is 0 Å². The highest BCUT2D eigenvalue weighted by Crippen LogP contribution is 2.30. The molecule has 1 aromatic rings. The number of nitriles is 1. The van der Waals surface area contributed by atoms with E-state index in [0.717, 1.165) is 18.5 Å². The molecule has 0 radical (unpaired) electrons. The highest BCUT2D eigenvalue weighted by Gasteiger charge is 2.30. The Bertz CT molecular complexity index is 495. The topological polar surface area (TPSA) is 53.0 Å². The van der Waals surface area contributed by atoms with Crippen molar-refractivity contribution >= 4 is 0 Å². The SMILES string of the molecule is CCN(Cc1cc(F)ccc1C#N)C1CCCC1CN. The number of hydrogen-bond acceptors (Lipinski definition) is 3. The van der Waals surface area contributed by atoms with E-state index >= 15 is 0 Å². The summed E-state index contributed by atoms with van der Waals surface area (Å²) in [5, 5.41) is 9.15. The van der Waals surface area contributed by atoms with Gasteiger partial charge in [0.25, 0.3) is 0 Å². The fraction of sp³-hybridized carbons (Fsp3) is 0.562. The second kappa shape index (κ2) is 6.83. The van der Waals surface area contributed by atoms with Crippen LogP contribution in [-0.4, -0.2) is 24.0 Å². The van der Waals surface area contributed by atoms with Gasteiger partial charge in [-0.1, -0.05) is 13.3 Å². The summed E-state index contributed by atoms with van der Waals surface area (Å²) in [4.78, 5) is 2.33. The third-order valence-electron chi connectivity index (χ3n) is 4.36. The zero-order valence-corrected chi connectivity index (χ0v) is 12.0. The van der Waals surface area contributed by atoms with E-state index in [-0.39, 0.29) is 5.82 Å². The molecule has 1 fully saturated rings. The molecular weight excluding hydrogens is 253 g/mol. The van der Waals surface area contributed by atoms with Crippen molar-refractivity contribution < 1.29 is 4.39 Å². The third kappa shape index (κ3) is 3.17. The lowest BCUT2D eigenvalue weighted by molar-refractivity contribution is 0.162. The van der Waals surface area contributed by atoms with E-state index < -0.39 is 0 Å². The average molecular weight is 275 g/mol. The maximum atomic E-state index is 13.4. The first-order valence-corrected chi connectivity index (χ1v) is 7.32. The minimum atomic E-state index is -0.281. The maximum Gasteiger partial charge on any atom is 0.123 e. The molecular formula is C16H22FN3. The van der Waals surface area contributed by atoms with E-state index in [0.29, 0.717) is 30.6 Å². The monoisotopic (exact) mass is 275 g/mol. The molecule has 0 aliphatic heterocycles. The van der Waals surface area contributed by atoms with Crippen LogP contribution in [0.3, 0.4) is 0 Å². The van der Waals surface area contributed by atoms with E-state index in [4.69, 9.17) is 11.0 Å². The van der Waals surface area contributed by atoms with Gasteiger partial charge in [0.05, 0.1) is 11.6 Å². The van der Waals surface area contributed by atoms with E-state index in [9.17, 15) is 4.39 Å². The highest BCUT2D eigenvalue weighted by molar-refractivity contribution is 5.37. The van der Waals surface area contributed by atoms with E-state index in [2.05, 4.69) is 17.9 Å². The molecule has 1 saturated carbocycles. The maximum absolute atomic E-state index is 13.4. The summed E-state index contributed by atoms with van der Waals surface area (Å²) in [6.45, 7) is 4.33. The Hall–Kier alpha value is -1.44. The van der Waals surface area contributed by atoms with Crippen molar-refractivity contribution in [3.63, 3.8) is 0 Å². The van der Waals surface area contributed by atoms with Gasteiger partial charge < -0.3 is 5.73 Å². The molecule has 0 spiro atoms. The van der Waals surface area contributed by atoms with E-state index in [1.165, 1.54) is 25.0 Å². The van der Waals surface area contributed by atoms with E-state index in [1.807, 2.05) is 0 Å². The summed E-state index contributed by atoms with van der Waals surface area (Å²) < 4.78 is 13.4. The van der Waals surface area contributed by atoms with Gasteiger partial charge in [-0.3, -0.25) is 4.90 Å². The van der Waals surface area contributed by atoms with Crippen molar-refractivity contribution in [2.75, 3.05) is 13.1 Å². The molecule has 2 rings (SSSR count). The highest BCUT2D eigenvalue weighted by atomic mass is 19.1. The predicted molar refractivity (Wildman–Crippen MR) is 77.4 cm³/mol. The fourth-order valence-corrected chi connectivity index (χ4v) is 3.26. The van der Waals surface area contributed by atoms with Gasteiger partial charge in [-0.25, -0.2) is 4.39 Å². The van der Waals surface area contributed by atoms with Crippen LogP contribution in [0.5, 0.6) is 0 Å². The lowest BCUT2D eigenvalue weighted by Gasteiger charge is -2.32. The van der Waals surface area contributed by atoms with Crippen molar-refractivity contribution in [1.29, 1.82) is 5.26 Å². The number of benzene rings is 1. The van der Waals surface area contributed by atoms with Crippen molar-refractivity contribution in [2.45, 2.75) is 38.8 Å². The molecule has 0 heterocycles. The molecule has 3 nitrogen and oxygen atoms in total. The summed E-state index contributed by atoms with van der Waals surface area (Å²) in [5.41, 5.74) is 7.19. The zero-order chi connectivity index (χ0) is 14.5. The lowest BCUT2D eigenvalue weighted by Crippen LogP contribution is -2.40. The van der Waals surface area contributed by atoms with Crippen LogP contribution in [-0.2, 0) is 6.54 Å². The first-order valence-electron chi connectivity index (χ1n) is 7.32. The van der Waals surface area contributed by atoms with Crippen LogP contribution >= 0.6 is 0 Å².